The number of piperidine rings is 1. The molecule has 0 saturated carbocycles. The number of hydrogen-bond donors (Lipinski definition) is 2. The number of aromatic nitrogens is 5. The summed E-state index contributed by atoms with van der Waals surface area (Å²) in [6.45, 7) is 2.13. The molecule has 3 aromatic rings. The first kappa shape index (κ1) is 17.9. The van der Waals surface area contributed by atoms with Crippen LogP contribution in [0.25, 0.3) is 23.0 Å². The van der Waals surface area contributed by atoms with Crippen molar-refractivity contribution in [1.29, 1.82) is 0 Å². The number of aromatic hydroxyl groups is 1. The van der Waals surface area contributed by atoms with Crippen LogP contribution in [0.3, 0.4) is 0 Å². The Hall–Kier alpha value is -3.13. The summed E-state index contributed by atoms with van der Waals surface area (Å²) in [6.07, 6.45) is 9.83. The van der Waals surface area contributed by atoms with Crippen molar-refractivity contribution in [2.24, 2.45) is 0 Å². The van der Waals surface area contributed by atoms with Crippen molar-refractivity contribution in [3.63, 3.8) is 0 Å². The summed E-state index contributed by atoms with van der Waals surface area (Å²) >= 11 is 0. The Labute approximate surface area is 167 Å². The number of nitrogens with zero attached hydrogens (tertiary/aromatic N) is 5. The molecule has 29 heavy (non-hydrogen) atoms. The van der Waals surface area contributed by atoms with Crippen molar-refractivity contribution in [1.82, 2.24) is 30.0 Å². The van der Waals surface area contributed by atoms with Gasteiger partial charge in [0.05, 0.1) is 18.2 Å². The van der Waals surface area contributed by atoms with Gasteiger partial charge in [0, 0.05) is 35.6 Å². The van der Waals surface area contributed by atoms with Gasteiger partial charge in [-0.3, -0.25) is 0 Å². The molecule has 2 saturated heterocycles. The van der Waals surface area contributed by atoms with E-state index < -0.39 is 6.17 Å². The van der Waals surface area contributed by atoms with Gasteiger partial charge in [0.2, 0.25) is 0 Å². The average Bonchev–Trinajstić information content (AvgIpc) is 3.36. The number of phenolic OH excluding ortho intramolecular Hbond substituents is 1. The minimum atomic E-state index is -1.02. The summed E-state index contributed by atoms with van der Waals surface area (Å²) in [5.41, 5.74) is 2.44. The molecular formula is C21H21FN6O. The Morgan fingerprint density at radius 3 is 2.97 bits per heavy atom. The van der Waals surface area contributed by atoms with Gasteiger partial charge < -0.3 is 15.0 Å². The van der Waals surface area contributed by atoms with E-state index in [9.17, 15) is 9.50 Å². The minimum Gasteiger partial charge on any atom is -0.507 e. The number of fused-ring (bicyclic) bond motifs is 2. The first-order valence-corrected chi connectivity index (χ1v) is 9.64. The summed E-state index contributed by atoms with van der Waals surface area (Å²) in [4.78, 5) is 8.33. The van der Waals surface area contributed by atoms with E-state index in [4.69, 9.17) is 0 Å². The fraction of sp³-hybridized carbons (Fsp3) is 0.333. The zero-order valence-corrected chi connectivity index (χ0v) is 16.0. The molecule has 2 aliphatic rings. The number of imidazole rings is 1. The lowest BCUT2D eigenvalue weighted by atomic mass is 9.88. The fourth-order valence-corrected chi connectivity index (χ4v) is 4.31. The van der Waals surface area contributed by atoms with Gasteiger partial charge in [0.15, 0.2) is 5.82 Å². The molecule has 4 heterocycles. The maximum atomic E-state index is 14.7. The van der Waals surface area contributed by atoms with E-state index in [0.717, 1.165) is 24.1 Å². The maximum absolute atomic E-state index is 14.7. The highest BCUT2D eigenvalue weighted by molar-refractivity contribution is 5.68. The SMILES string of the molecule is C[C@@]12CC[C@@H](N1)[C@@H](F)/C(=C\c1ncc(-c3ccc(-n4ccnc4)cc3O)nn1)C2. The van der Waals surface area contributed by atoms with Gasteiger partial charge in [0.25, 0.3) is 0 Å². The molecule has 2 aliphatic heterocycles. The van der Waals surface area contributed by atoms with Crippen LogP contribution in [-0.4, -0.2) is 47.6 Å². The van der Waals surface area contributed by atoms with Gasteiger partial charge in [-0.2, -0.15) is 0 Å². The van der Waals surface area contributed by atoms with Crippen LogP contribution >= 0.6 is 0 Å². The molecule has 2 N–H and O–H groups in total. The maximum Gasteiger partial charge on any atom is 0.174 e. The predicted molar refractivity (Wildman–Crippen MR) is 106 cm³/mol. The van der Waals surface area contributed by atoms with Crippen molar-refractivity contribution in [2.45, 2.75) is 43.9 Å². The van der Waals surface area contributed by atoms with Crippen LogP contribution in [0, 0.1) is 0 Å². The Morgan fingerprint density at radius 1 is 1.34 bits per heavy atom. The van der Waals surface area contributed by atoms with Gasteiger partial charge in [-0.1, -0.05) is 0 Å². The zero-order valence-electron chi connectivity index (χ0n) is 16.0. The quantitative estimate of drug-likeness (QED) is 0.712. The van der Waals surface area contributed by atoms with E-state index in [0.29, 0.717) is 23.5 Å². The van der Waals surface area contributed by atoms with Crippen LogP contribution in [0.1, 0.15) is 32.0 Å². The smallest absolute Gasteiger partial charge is 0.174 e. The number of rotatable bonds is 3. The standard InChI is InChI=1S/C21H21FN6O/c1-21-5-4-16(25-21)20(22)13(10-21)8-19-24-11-17(26-27-19)15-3-2-14(9-18(15)29)28-7-6-23-12-28/h2-3,6-9,11-12,16,20,25,29H,4-5,10H2,1H3/b13-8-/t16-,20+,21+/m1/s1. The Bertz CT molecular complexity index is 1070. The first-order chi connectivity index (χ1) is 14.0. The molecule has 7 nitrogen and oxygen atoms in total. The van der Waals surface area contributed by atoms with Crippen LogP contribution in [-0.2, 0) is 0 Å². The molecule has 2 fully saturated rings. The summed E-state index contributed by atoms with van der Waals surface area (Å²) in [7, 11) is 0. The van der Waals surface area contributed by atoms with Crippen molar-refractivity contribution in [2.75, 3.05) is 0 Å². The summed E-state index contributed by atoms with van der Waals surface area (Å²) in [5, 5.41) is 22.1. The Balaban J connectivity index is 1.39. The molecule has 8 heteroatoms. The molecule has 148 valence electrons. The third kappa shape index (κ3) is 3.29. The van der Waals surface area contributed by atoms with Gasteiger partial charge >= 0.3 is 0 Å². The van der Waals surface area contributed by atoms with E-state index in [1.807, 2.05) is 6.07 Å². The number of alkyl halides is 1. The summed E-state index contributed by atoms with van der Waals surface area (Å²) in [5.74, 6) is 0.455. The molecule has 0 aliphatic carbocycles. The van der Waals surface area contributed by atoms with Crippen molar-refractivity contribution in [3.05, 3.63) is 54.5 Å². The van der Waals surface area contributed by atoms with Crippen LogP contribution in [0.2, 0.25) is 0 Å². The molecule has 3 atom stereocenters. The molecule has 0 radical (unpaired) electrons. The highest BCUT2D eigenvalue weighted by Gasteiger charge is 2.45. The van der Waals surface area contributed by atoms with Crippen LogP contribution in [0.5, 0.6) is 5.75 Å². The second kappa shape index (κ2) is 6.73. The van der Waals surface area contributed by atoms with Crippen LogP contribution in [0.4, 0.5) is 4.39 Å². The van der Waals surface area contributed by atoms with Gasteiger partial charge in [-0.05, 0) is 50.0 Å². The lowest BCUT2D eigenvalue weighted by Crippen LogP contribution is -2.50. The molecule has 2 aromatic heterocycles. The normalized spacial score (nSPS) is 27.4. The predicted octanol–water partition coefficient (Wildman–Crippen LogP) is 3.07. The lowest BCUT2D eigenvalue weighted by Gasteiger charge is -2.35. The molecule has 0 spiro atoms. The highest BCUT2D eigenvalue weighted by Crippen LogP contribution is 2.40. The number of benzene rings is 1. The van der Waals surface area contributed by atoms with E-state index in [1.54, 1.807) is 47.7 Å². The molecule has 5 rings (SSSR count). The van der Waals surface area contributed by atoms with Crippen LogP contribution < -0.4 is 5.32 Å². The zero-order chi connectivity index (χ0) is 20.0. The van der Waals surface area contributed by atoms with Crippen LogP contribution in [0.15, 0.2) is 48.7 Å². The number of halogens is 1. The first-order valence-electron chi connectivity index (χ1n) is 9.64. The topological polar surface area (TPSA) is 88.8 Å². The largest absolute Gasteiger partial charge is 0.507 e. The minimum absolute atomic E-state index is 0.0464. The highest BCUT2D eigenvalue weighted by atomic mass is 19.1. The number of nitrogens with one attached hydrogen (secondary N) is 1. The second-order valence-corrected chi connectivity index (χ2v) is 8.02. The molecule has 2 bridgehead atoms. The molecule has 0 unspecified atom stereocenters. The Kier molecular flexibility index (Phi) is 4.16. The van der Waals surface area contributed by atoms with Crippen molar-refractivity contribution < 1.29 is 9.50 Å². The molecule has 1 aromatic carbocycles. The average molecular weight is 392 g/mol. The number of hydrogen-bond acceptors (Lipinski definition) is 6. The van der Waals surface area contributed by atoms with E-state index in [1.165, 1.54) is 0 Å². The van der Waals surface area contributed by atoms with E-state index in [2.05, 4.69) is 32.4 Å². The monoisotopic (exact) mass is 392 g/mol. The van der Waals surface area contributed by atoms with E-state index in [-0.39, 0.29) is 17.3 Å². The van der Waals surface area contributed by atoms with Crippen molar-refractivity contribution >= 4 is 6.08 Å². The lowest BCUT2D eigenvalue weighted by molar-refractivity contribution is 0.234. The molecule has 0 amide bonds. The number of phenols is 1. The summed E-state index contributed by atoms with van der Waals surface area (Å²) < 4.78 is 16.5. The second-order valence-electron chi connectivity index (χ2n) is 8.02. The van der Waals surface area contributed by atoms with E-state index >= 15 is 0 Å². The molecular weight excluding hydrogens is 371 g/mol. The third-order valence-electron chi connectivity index (χ3n) is 5.80. The van der Waals surface area contributed by atoms with Crippen molar-refractivity contribution in [3.8, 4) is 22.7 Å². The van der Waals surface area contributed by atoms with Gasteiger partial charge in [-0.15, -0.1) is 10.2 Å². The third-order valence-corrected chi connectivity index (χ3v) is 5.80. The van der Waals surface area contributed by atoms with Gasteiger partial charge in [-0.25, -0.2) is 14.4 Å². The Morgan fingerprint density at radius 2 is 2.24 bits per heavy atom. The van der Waals surface area contributed by atoms with Gasteiger partial charge in [0.1, 0.15) is 17.6 Å². The summed E-state index contributed by atoms with van der Waals surface area (Å²) in [6, 6.07) is 5.12. The fourth-order valence-electron chi connectivity index (χ4n) is 4.31.